The number of azide groups is 1. The lowest BCUT2D eigenvalue weighted by Crippen LogP contribution is -1.91. The standard InChI is InChI=1S/C13H13N3O/c1-9-6-11(13(17)7-9)8-10-2-4-12(5-3-10)15-16-14/h2-5,8-9H,6-7H2,1H3. The predicted octanol–water partition coefficient (Wildman–Crippen LogP) is 4.01. The lowest BCUT2D eigenvalue weighted by atomic mass is 10.1. The Bertz CT molecular complexity index is 510. The molecule has 0 saturated heterocycles. The first kappa shape index (κ1) is 11.4. The van der Waals surface area contributed by atoms with Gasteiger partial charge in [-0.05, 0) is 35.1 Å². The van der Waals surface area contributed by atoms with Crippen LogP contribution in [0, 0.1) is 5.92 Å². The topological polar surface area (TPSA) is 65.8 Å². The summed E-state index contributed by atoms with van der Waals surface area (Å²) in [5.74, 6) is 0.702. The van der Waals surface area contributed by atoms with Crippen LogP contribution in [0.2, 0.25) is 0 Å². The molecule has 1 unspecified atom stereocenters. The second kappa shape index (κ2) is 4.85. The van der Waals surface area contributed by atoms with E-state index in [4.69, 9.17) is 5.53 Å². The molecule has 17 heavy (non-hydrogen) atoms. The highest BCUT2D eigenvalue weighted by Crippen LogP contribution is 2.28. The molecule has 0 spiro atoms. The smallest absolute Gasteiger partial charge is 0.159 e. The molecule has 1 aliphatic carbocycles. The molecule has 1 fully saturated rings. The van der Waals surface area contributed by atoms with Crippen molar-refractivity contribution in [3.05, 3.63) is 45.8 Å². The molecule has 0 bridgehead atoms. The maximum absolute atomic E-state index is 11.6. The summed E-state index contributed by atoms with van der Waals surface area (Å²) in [4.78, 5) is 14.3. The van der Waals surface area contributed by atoms with E-state index in [1.165, 1.54) is 0 Å². The van der Waals surface area contributed by atoms with Crippen molar-refractivity contribution < 1.29 is 4.79 Å². The van der Waals surface area contributed by atoms with Crippen molar-refractivity contribution in [2.45, 2.75) is 19.8 Å². The highest BCUT2D eigenvalue weighted by atomic mass is 16.1. The van der Waals surface area contributed by atoms with Gasteiger partial charge in [-0.2, -0.15) is 0 Å². The molecular weight excluding hydrogens is 214 g/mol. The molecule has 1 atom stereocenters. The van der Waals surface area contributed by atoms with Gasteiger partial charge in [-0.15, -0.1) is 0 Å². The lowest BCUT2D eigenvalue weighted by molar-refractivity contribution is -0.114. The maximum Gasteiger partial charge on any atom is 0.159 e. The van der Waals surface area contributed by atoms with Crippen molar-refractivity contribution in [2.75, 3.05) is 0 Å². The SMILES string of the molecule is CC1CC(=O)C(=Cc2ccc(N=[N+]=[N-])cc2)C1. The minimum absolute atomic E-state index is 0.247. The van der Waals surface area contributed by atoms with Crippen molar-refractivity contribution in [1.82, 2.24) is 0 Å². The molecule has 0 radical (unpaired) electrons. The maximum atomic E-state index is 11.6. The summed E-state index contributed by atoms with van der Waals surface area (Å²) >= 11 is 0. The highest BCUT2D eigenvalue weighted by Gasteiger charge is 2.23. The summed E-state index contributed by atoms with van der Waals surface area (Å²) in [7, 11) is 0. The third kappa shape index (κ3) is 2.74. The molecule has 2 rings (SSSR count). The Morgan fingerprint density at radius 3 is 2.59 bits per heavy atom. The Balaban J connectivity index is 2.21. The van der Waals surface area contributed by atoms with Crippen LogP contribution in [0.1, 0.15) is 25.3 Å². The van der Waals surface area contributed by atoms with E-state index in [1.807, 2.05) is 18.2 Å². The fourth-order valence-corrected chi connectivity index (χ4v) is 2.04. The van der Waals surface area contributed by atoms with Crippen LogP contribution in [0.4, 0.5) is 5.69 Å². The monoisotopic (exact) mass is 227 g/mol. The Hall–Kier alpha value is -2.06. The van der Waals surface area contributed by atoms with Gasteiger partial charge in [-0.25, -0.2) is 0 Å². The second-order valence-corrected chi connectivity index (χ2v) is 4.39. The van der Waals surface area contributed by atoms with Gasteiger partial charge >= 0.3 is 0 Å². The van der Waals surface area contributed by atoms with Gasteiger partial charge in [-0.1, -0.05) is 36.3 Å². The van der Waals surface area contributed by atoms with Gasteiger partial charge < -0.3 is 0 Å². The number of benzene rings is 1. The normalized spacial score (nSPS) is 21.6. The van der Waals surface area contributed by atoms with E-state index < -0.39 is 0 Å². The minimum Gasteiger partial charge on any atom is -0.295 e. The third-order valence-electron chi connectivity index (χ3n) is 2.85. The molecular formula is C13H13N3O. The molecule has 1 aromatic rings. The number of rotatable bonds is 2. The molecule has 0 N–H and O–H groups in total. The molecule has 0 amide bonds. The van der Waals surface area contributed by atoms with E-state index in [2.05, 4.69) is 16.9 Å². The highest BCUT2D eigenvalue weighted by molar-refractivity contribution is 6.01. The fraction of sp³-hybridized carbons (Fsp3) is 0.308. The number of allylic oxidation sites excluding steroid dienone is 1. The predicted molar refractivity (Wildman–Crippen MR) is 66.6 cm³/mol. The number of carbonyl (C=O) groups is 1. The van der Waals surface area contributed by atoms with Crippen LogP contribution in [0.5, 0.6) is 0 Å². The Morgan fingerprint density at radius 2 is 2.06 bits per heavy atom. The van der Waals surface area contributed by atoms with E-state index in [1.54, 1.807) is 12.1 Å². The van der Waals surface area contributed by atoms with E-state index in [-0.39, 0.29) is 5.78 Å². The van der Waals surface area contributed by atoms with Crippen molar-refractivity contribution in [2.24, 2.45) is 11.0 Å². The zero-order chi connectivity index (χ0) is 12.3. The molecule has 4 heteroatoms. The number of Topliss-reactive ketones (excluding diaryl/α,β-unsaturated/α-hetero) is 1. The summed E-state index contributed by atoms with van der Waals surface area (Å²) in [5, 5.41) is 3.50. The van der Waals surface area contributed by atoms with Crippen LogP contribution in [0.3, 0.4) is 0 Å². The lowest BCUT2D eigenvalue weighted by Gasteiger charge is -1.98. The molecule has 1 aliphatic rings. The zero-order valence-corrected chi connectivity index (χ0v) is 9.63. The first-order valence-corrected chi connectivity index (χ1v) is 5.58. The number of hydrogen-bond acceptors (Lipinski definition) is 2. The van der Waals surface area contributed by atoms with Gasteiger partial charge in [0.15, 0.2) is 5.78 Å². The van der Waals surface area contributed by atoms with E-state index in [0.29, 0.717) is 18.0 Å². The van der Waals surface area contributed by atoms with Gasteiger partial charge in [-0.3, -0.25) is 4.79 Å². The van der Waals surface area contributed by atoms with Gasteiger partial charge in [0.2, 0.25) is 0 Å². The molecule has 1 aromatic carbocycles. The quantitative estimate of drug-likeness (QED) is 0.326. The second-order valence-electron chi connectivity index (χ2n) is 4.39. The Morgan fingerprint density at radius 1 is 1.35 bits per heavy atom. The van der Waals surface area contributed by atoms with Gasteiger partial charge in [0.05, 0.1) is 0 Å². The average Bonchev–Trinajstić information content (AvgIpc) is 2.61. The number of ketones is 1. The van der Waals surface area contributed by atoms with Crippen molar-refractivity contribution in [1.29, 1.82) is 0 Å². The third-order valence-corrected chi connectivity index (χ3v) is 2.85. The van der Waals surface area contributed by atoms with Gasteiger partial charge in [0.1, 0.15) is 0 Å². The summed E-state index contributed by atoms with van der Waals surface area (Å²) in [5.41, 5.74) is 10.7. The largest absolute Gasteiger partial charge is 0.295 e. The number of nitrogens with zero attached hydrogens (tertiary/aromatic N) is 3. The summed E-state index contributed by atoms with van der Waals surface area (Å²) in [6.45, 7) is 2.09. The molecule has 86 valence electrons. The summed E-state index contributed by atoms with van der Waals surface area (Å²) in [6.07, 6.45) is 3.44. The first-order chi connectivity index (χ1) is 8.19. The van der Waals surface area contributed by atoms with Crippen LogP contribution < -0.4 is 0 Å². The molecule has 0 aromatic heterocycles. The zero-order valence-electron chi connectivity index (χ0n) is 9.63. The number of hydrogen-bond donors (Lipinski definition) is 0. The summed E-state index contributed by atoms with van der Waals surface area (Å²) < 4.78 is 0. The Labute approximate surface area is 99.6 Å². The van der Waals surface area contributed by atoms with Crippen molar-refractivity contribution in [3.63, 3.8) is 0 Å². The van der Waals surface area contributed by atoms with Crippen molar-refractivity contribution in [3.8, 4) is 0 Å². The van der Waals surface area contributed by atoms with Crippen LogP contribution in [0.15, 0.2) is 35.0 Å². The van der Waals surface area contributed by atoms with Crippen LogP contribution in [0.25, 0.3) is 16.5 Å². The van der Waals surface area contributed by atoms with Gasteiger partial charge in [0.25, 0.3) is 0 Å². The molecule has 4 nitrogen and oxygen atoms in total. The number of carbonyl (C=O) groups excluding carboxylic acids is 1. The fourth-order valence-electron chi connectivity index (χ4n) is 2.04. The minimum atomic E-state index is 0.247. The van der Waals surface area contributed by atoms with Crippen LogP contribution in [-0.2, 0) is 4.79 Å². The van der Waals surface area contributed by atoms with E-state index in [9.17, 15) is 4.79 Å². The molecule has 0 aliphatic heterocycles. The molecule has 0 heterocycles. The summed E-state index contributed by atoms with van der Waals surface area (Å²) in [6, 6.07) is 7.20. The van der Waals surface area contributed by atoms with Crippen LogP contribution in [-0.4, -0.2) is 5.78 Å². The van der Waals surface area contributed by atoms with E-state index >= 15 is 0 Å². The van der Waals surface area contributed by atoms with E-state index in [0.717, 1.165) is 17.6 Å². The van der Waals surface area contributed by atoms with Crippen molar-refractivity contribution >= 4 is 17.5 Å². The Kier molecular flexibility index (Phi) is 3.26. The average molecular weight is 227 g/mol. The van der Waals surface area contributed by atoms with Gasteiger partial charge in [0, 0.05) is 17.0 Å². The van der Waals surface area contributed by atoms with Crippen LogP contribution >= 0.6 is 0 Å². The first-order valence-electron chi connectivity index (χ1n) is 5.58. The molecule has 1 saturated carbocycles.